The third-order valence-corrected chi connectivity index (χ3v) is 4.05. The normalized spacial score (nSPS) is 29.7. The van der Waals surface area contributed by atoms with Crippen LogP contribution in [0.5, 0.6) is 0 Å². The second-order valence-electron chi connectivity index (χ2n) is 5.41. The lowest BCUT2D eigenvalue weighted by atomic mass is 9.72. The molecule has 0 bridgehead atoms. The van der Waals surface area contributed by atoms with E-state index in [1.165, 1.54) is 12.1 Å². The van der Waals surface area contributed by atoms with Crippen molar-refractivity contribution in [2.75, 3.05) is 26.9 Å². The van der Waals surface area contributed by atoms with Crippen molar-refractivity contribution in [2.45, 2.75) is 18.4 Å². The van der Waals surface area contributed by atoms with Gasteiger partial charge in [-0.25, -0.2) is 4.39 Å². The van der Waals surface area contributed by atoms with E-state index >= 15 is 0 Å². The van der Waals surface area contributed by atoms with Crippen molar-refractivity contribution in [3.63, 3.8) is 0 Å². The molecule has 1 fully saturated rings. The highest BCUT2D eigenvalue weighted by molar-refractivity contribution is 5.55. The molecule has 1 aromatic rings. The van der Waals surface area contributed by atoms with Crippen LogP contribution in [0.4, 0.5) is 4.39 Å². The second-order valence-corrected chi connectivity index (χ2v) is 5.41. The molecule has 2 atom stereocenters. The molecule has 1 aromatic carbocycles. The van der Waals surface area contributed by atoms with E-state index in [2.05, 4.69) is 12.0 Å². The first kappa shape index (κ1) is 12.4. The van der Waals surface area contributed by atoms with Crippen LogP contribution in [-0.2, 0) is 10.2 Å². The minimum atomic E-state index is -0.203. The lowest BCUT2D eigenvalue weighted by Gasteiger charge is -2.49. The molecule has 2 unspecified atom stereocenters. The molecule has 0 N–H and O–H groups in total. The van der Waals surface area contributed by atoms with E-state index in [0.717, 1.165) is 18.8 Å². The SMILES string of the molecule is CC1OCC1(CN1CN(C)C=N1)c1ccc(F)cc1. The van der Waals surface area contributed by atoms with Gasteiger partial charge in [0.05, 0.1) is 24.7 Å². The van der Waals surface area contributed by atoms with E-state index in [-0.39, 0.29) is 17.3 Å². The van der Waals surface area contributed by atoms with Crippen molar-refractivity contribution >= 4 is 6.34 Å². The van der Waals surface area contributed by atoms with Gasteiger partial charge in [-0.05, 0) is 24.6 Å². The summed E-state index contributed by atoms with van der Waals surface area (Å²) in [6.07, 6.45) is 1.95. The largest absolute Gasteiger partial charge is 0.376 e. The van der Waals surface area contributed by atoms with E-state index < -0.39 is 0 Å². The quantitative estimate of drug-likeness (QED) is 0.829. The number of hydrazone groups is 1. The van der Waals surface area contributed by atoms with Crippen molar-refractivity contribution < 1.29 is 9.13 Å². The fourth-order valence-electron chi connectivity index (χ4n) is 2.72. The fraction of sp³-hybridized carbons (Fsp3) is 0.500. The minimum Gasteiger partial charge on any atom is -0.376 e. The molecule has 19 heavy (non-hydrogen) atoms. The molecule has 0 spiro atoms. The Kier molecular flexibility index (Phi) is 2.93. The Hall–Kier alpha value is -1.62. The highest BCUT2D eigenvalue weighted by atomic mass is 19.1. The minimum absolute atomic E-state index is 0.0871. The van der Waals surface area contributed by atoms with Gasteiger partial charge in [-0.15, -0.1) is 0 Å². The zero-order valence-corrected chi connectivity index (χ0v) is 11.2. The average molecular weight is 263 g/mol. The smallest absolute Gasteiger partial charge is 0.123 e. The lowest BCUT2D eigenvalue weighted by molar-refractivity contribution is -0.139. The first-order valence-corrected chi connectivity index (χ1v) is 6.47. The van der Waals surface area contributed by atoms with E-state index in [0.29, 0.717) is 6.61 Å². The Morgan fingerprint density at radius 1 is 1.42 bits per heavy atom. The number of hydrogen-bond donors (Lipinski definition) is 0. The van der Waals surface area contributed by atoms with E-state index in [1.54, 1.807) is 0 Å². The van der Waals surface area contributed by atoms with Gasteiger partial charge in [-0.2, -0.15) is 5.10 Å². The highest BCUT2D eigenvalue weighted by Crippen LogP contribution is 2.39. The monoisotopic (exact) mass is 263 g/mol. The number of benzene rings is 1. The number of hydrogen-bond acceptors (Lipinski definition) is 4. The van der Waals surface area contributed by atoms with Crippen molar-refractivity contribution in [1.29, 1.82) is 0 Å². The Balaban J connectivity index is 1.83. The van der Waals surface area contributed by atoms with Crippen molar-refractivity contribution in [1.82, 2.24) is 9.91 Å². The molecule has 0 amide bonds. The van der Waals surface area contributed by atoms with Crippen LogP contribution in [0.2, 0.25) is 0 Å². The maximum absolute atomic E-state index is 13.1. The zero-order chi connectivity index (χ0) is 13.5. The third-order valence-electron chi connectivity index (χ3n) is 4.05. The number of nitrogens with zero attached hydrogens (tertiary/aromatic N) is 3. The molecule has 0 aliphatic carbocycles. The molecule has 1 saturated heterocycles. The molecule has 102 valence electrons. The van der Waals surface area contributed by atoms with Crippen molar-refractivity contribution in [3.8, 4) is 0 Å². The van der Waals surface area contributed by atoms with Gasteiger partial charge in [0.1, 0.15) is 18.8 Å². The van der Waals surface area contributed by atoms with Gasteiger partial charge in [0.25, 0.3) is 0 Å². The van der Waals surface area contributed by atoms with Gasteiger partial charge in [0.2, 0.25) is 0 Å². The number of halogens is 1. The molecular formula is C14H18FN3O. The Morgan fingerprint density at radius 2 is 2.16 bits per heavy atom. The maximum atomic E-state index is 13.1. The molecule has 5 heteroatoms. The van der Waals surface area contributed by atoms with Crippen LogP contribution in [0.15, 0.2) is 29.4 Å². The van der Waals surface area contributed by atoms with E-state index in [1.807, 2.05) is 35.4 Å². The Bertz CT molecular complexity index is 490. The molecule has 0 radical (unpaired) electrons. The fourth-order valence-corrected chi connectivity index (χ4v) is 2.72. The topological polar surface area (TPSA) is 28.1 Å². The highest BCUT2D eigenvalue weighted by Gasteiger charge is 2.48. The average Bonchev–Trinajstić information content (AvgIpc) is 2.81. The predicted molar refractivity (Wildman–Crippen MR) is 71.3 cm³/mol. The summed E-state index contributed by atoms with van der Waals surface area (Å²) < 4.78 is 18.7. The first-order valence-electron chi connectivity index (χ1n) is 6.47. The van der Waals surface area contributed by atoms with E-state index in [4.69, 9.17) is 4.74 Å². The van der Waals surface area contributed by atoms with Crippen molar-refractivity contribution in [2.24, 2.45) is 5.10 Å². The van der Waals surface area contributed by atoms with E-state index in [9.17, 15) is 4.39 Å². The second kappa shape index (κ2) is 4.49. The van der Waals surface area contributed by atoms with Crippen LogP contribution in [-0.4, -0.2) is 49.2 Å². The summed E-state index contributed by atoms with van der Waals surface area (Å²) in [6, 6.07) is 6.75. The van der Waals surface area contributed by atoms with Gasteiger partial charge in [-0.1, -0.05) is 12.1 Å². The maximum Gasteiger partial charge on any atom is 0.123 e. The van der Waals surface area contributed by atoms with Crippen molar-refractivity contribution in [3.05, 3.63) is 35.6 Å². The van der Waals surface area contributed by atoms with Gasteiger partial charge in [-0.3, -0.25) is 5.01 Å². The summed E-state index contributed by atoms with van der Waals surface area (Å²) in [6.45, 7) is 4.31. The summed E-state index contributed by atoms with van der Waals surface area (Å²) in [5.41, 5.74) is 1.04. The molecule has 4 nitrogen and oxygen atoms in total. The van der Waals surface area contributed by atoms with Gasteiger partial charge < -0.3 is 9.64 Å². The Labute approximate surface area is 112 Å². The van der Waals surface area contributed by atoms with Crippen LogP contribution in [0.1, 0.15) is 12.5 Å². The molecule has 2 aliphatic heterocycles. The molecule has 0 aromatic heterocycles. The predicted octanol–water partition coefficient (Wildman–Crippen LogP) is 1.63. The molecule has 0 saturated carbocycles. The summed E-state index contributed by atoms with van der Waals surface area (Å²) in [4.78, 5) is 2.03. The van der Waals surface area contributed by atoms with Crippen LogP contribution < -0.4 is 0 Å². The summed E-state index contributed by atoms with van der Waals surface area (Å²) in [5, 5.41) is 6.40. The molecular weight excluding hydrogens is 245 g/mol. The van der Waals surface area contributed by atoms with Gasteiger partial charge in [0.15, 0.2) is 0 Å². The van der Waals surface area contributed by atoms with Crippen LogP contribution in [0, 0.1) is 5.82 Å². The number of rotatable bonds is 3. The lowest BCUT2D eigenvalue weighted by Crippen LogP contribution is -2.59. The third kappa shape index (κ3) is 2.08. The van der Waals surface area contributed by atoms with Gasteiger partial charge >= 0.3 is 0 Å². The number of ether oxygens (including phenoxy) is 1. The first-order chi connectivity index (χ1) is 9.10. The van der Waals surface area contributed by atoms with Crippen LogP contribution in [0.25, 0.3) is 0 Å². The van der Waals surface area contributed by atoms with Gasteiger partial charge in [0, 0.05) is 7.05 Å². The molecule has 2 heterocycles. The molecule has 3 rings (SSSR count). The zero-order valence-electron chi connectivity index (χ0n) is 11.2. The Morgan fingerprint density at radius 3 is 2.63 bits per heavy atom. The molecule has 2 aliphatic rings. The van der Waals surface area contributed by atoms with Crippen LogP contribution in [0.3, 0.4) is 0 Å². The van der Waals surface area contributed by atoms with Crippen LogP contribution >= 0.6 is 0 Å². The standard InChI is InChI=1S/C14H18FN3O/c1-11-14(8-19-11,7-18-10-17(2)9-16-18)12-3-5-13(15)6-4-12/h3-6,9,11H,7-8,10H2,1-2H3. The summed E-state index contributed by atoms with van der Waals surface area (Å²) in [5.74, 6) is -0.203. The summed E-state index contributed by atoms with van der Waals surface area (Å²) >= 11 is 0. The summed E-state index contributed by atoms with van der Waals surface area (Å²) in [7, 11) is 1.99.